The number of benzene rings is 3. The Morgan fingerprint density at radius 3 is 1.67 bits per heavy atom. The third-order valence-corrected chi connectivity index (χ3v) is 6.28. The first-order valence-electron chi connectivity index (χ1n) is 14.9. The van der Waals surface area contributed by atoms with Crippen LogP contribution in [0.15, 0.2) is 84.9 Å². The fourth-order valence-corrected chi connectivity index (χ4v) is 4.03. The Kier molecular flexibility index (Phi) is 11.3. The van der Waals surface area contributed by atoms with E-state index in [9.17, 15) is 14.4 Å². The number of ether oxygens (including phenoxy) is 1. The van der Waals surface area contributed by atoms with E-state index in [2.05, 4.69) is 0 Å². The molecule has 0 radical (unpaired) electrons. The van der Waals surface area contributed by atoms with Crippen LogP contribution in [0.2, 0.25) is 0 Å². The summed E-state index contributed by atoms with van der Waals surface area (Å²) in [5.41, 5.74) is 0.791. The molecule has 0 spiro atoms. The second-order valence-corrected chi connectivity index (χ2v) is 9.29. The SMILES string of the molecule is O=C(O)CC(O)(CC(=O)O)C(=O)O.[2H]C([2H])(Oc1ccc(/C(=C(\Cl)c2ccccc2)c2ccccc2)cc1)C([2H])([2H])N(CC)CC. The zero-order chi connectivity index (χ0) is 34.7. The van der Waals surface area contributed by atoms with E-state index in [1.165, 1.54) is 4.90 Å². The lowest BCUT2D eigenvalue weighted by Gasteiger charge is -2.18. The van der Waals surface area contributed by atoms with Gasteiger partial charge in [0.1, 0.15) is 12.3 Å². The average molecular weight is 602 g/mol. The van der Waals surface area contributed by atoms with Gasteiger partial charge in [-0.25, -0.2) is 4.79 Å². The molecule has 0 saturated heterocycles. The standard InChI is InChI=1S/C26H28ClNO.C6H8O7/c1-3-28(4-2)19-20-29-24-17-15-22(16-18-24)25(21-11-7-5-8-12-21)26(27)23-13-9-6-10-14-23;7-3(8)1-6(13,5(11)12)2-4(9)10/h5-18H,3-4,19-20H2,1-2H3;13H,1-2H2,(H,7,8)(H,9,10)(H,11,12)/b26-25-;/i19D2,20D2;. The minimum atomic E-state index is -2.74. The fourth-order valence-electron chi connectivity index (χ4n) is 3.69. The molecule has 3 rings (SSSR count). The first-order chi connectivity index (χ1) is 21.5. The van der Waals surface area contributed by atoms with Crippen molar-refractivity contribution >= 4 is 40.1 Å². The molecule has 0 aromatic heterocycles. The molecule has 224 valence electrons. The largest absolute Gasteiger partial charge is 0.492 e. The summed E-state index contributed by atoms with van der Waals surface area (Å²) in [4.78, 5) is 31.9. The van der Waals surface area contributed by atoms with E-state index in [1.807, 2.05) is 72.8 Å². The number of rotatable bonds is 14. The van der Waals surface area contributed by atoms with Crippen LogP contribution in [0.25, 0.3) is 10.6 Å². The maximum absolute atomic E-state index is 10.3. The third-order valence-electron chi connectivity index (χ3n) is 5.87. The number of aliphatic hydroxyl groups is 1. The molecule has 9 nitrogen and oxygen atoms in total. The van der Waals surface area contributed by atoms with Crippen molar-refractivity contribution in [2.24, 2.45) is 0 Å². The summed E-state index contributed by atoms with van der Waals surface area (Å²) in [6.07, 6.45) is -2.29. The lowest BCUT2D eigenvalue weighted by Crippen LogP contribution is -2.42. The number of hydrogen-bond donors (Lipinski definition) is 4. The Labute approximate surface area is 255 Å². The molecule has 3 aromatic rings. The van der Waals surface area contributed by atoms with E-state index in [0.717, 1.165) is 22.3 Å². The molecule has 0 unspecified atom stereocenters. The van der Waals surface area contributed by atoms with Crippen LogP contribution < -0.4 is 4.74 Å². The zero-order valence-corrected chi connectivity index (χ0v) is 23.9. The van der Waals surface area contributed by atoms with Crippen LogP contribution in [0.4, 0.5) is 0 Å². The molecule has 0 aliphatic rings. The number of carboxylic acids is 3. The summed E-state index contributed by atoms with van der Waals surface area (Å²) < 4.78 is 38.6. The summed E-state index contributed by atoms with van der Waals surface area (Å²) >= 11 is 6.85. The highest BCUT2D eigenvalue weighted by Gasteiger charge is 2.40. The van der Waals surface area contributed by atoms with E-state index in [-0.39, 0.29) is 5.75 Å². The van der Waals surface area contributed by atoms with Gasteiger partial charge in [0.2, 0.25) is 0 Å². The number of aliphatic carboxylic acids is 3. The van der Waals surface area contributed by atoms with Crippen molar-refractivity contribution in [2.75, 3.05) is 26.1 Å². The highest BCUT2D eigenvalue weighted by Crippen LogP contribution is 2.35. The smallest absolute Gasteiger partial charge is 0.336 e. The van der Waals surface area contributed by atoms with Gasteiger partial charge in [-0.1, -0.05) is 98.2 Å². The van der Waals surface area contributed by atoms with Gasteiger partial charge in [0, 0.05) is 14.8 Å². The molecule has 0 atom stereocenters. The Morgan fingerprint density at radius 2 is 1.24 bits per heavy atom. The van der Waals surface area contributed by atoms with Crippen molar-refractivity contribution in [1.82, 2.24) is 4.90 Å². The molecule has 0 aliphatic carbocycles. The van der Waals surface area contributed by atoms with Crippen LogP contribution in [0.5, 0.6) is 5.75 Å². The van der Waals surface area contributed by atoms with Gasteiger partial charge in [-0.2, -0.15) is 0 Å². The molecule has 0 amide bonds. The number of likely N-dealkylation sites (N-methyl/N-ethyl adjacent to an activating group) is 1. The van der Waals surface area contributed by atoms with Gasteiger partial charge in [0.15, 0.2) is 5.60 Å². The lowest BCUT2D eigenvalue weighted by atomic mass is 9.95. The van der Waals surface area contributed by atoms with Crippen molar-refractivity contribution < 1.29 is 45.0 Å². The molecule has 3 aromatic carbocycles. The quantitative estimate of drug-likeness (QED) is 0.181. The summed E-state index contributed by atoms with van der Waals surface area (Å²) in [7, 11) is 0. The van der Waals surface area contributed by atoms with Gasteiger partial charge >= 0.3 is 17.9 Å². The van der Waals surface area contributed by atoms with Gasteiger partial charge in [0.05, 0.1) is 20.6 Å². The first-order valence-corrected chi connectivity index (χ1v) is 13.3. The van der Waals surface area contributed by atoms with E-state index < -0.39 is 49.4 Å². The van der Waals surface area contributed by atoms with Crippen LogP contribution in [0.3, 0.4) is 0 Å². The van der Waals surface area contributed by atoms with Crippen LogP contribution in [0.1, 0.15) is 48.9 Å². The molecule has 0 heterocycles. The van der Waals surface area contributed by atoms with E-state index in [4.69, 9.17) is 42.2 Å². The molecular weight excluding hydrogens is 562 g/mol. The Balaban J connectivity index is 0.000000479. The zero-order valence-electron chi connectivity index (χ0n) is 27.2. The second-order valence-electron chi connectivity index (χ2n) is 8.91. The molecule has 0 saturated carbocycles. The molecule has 0 aliphatic heterocycles. The number of hydrogen-bond acceptors (Lipinski definition) is 6. The average Bonchev–Trinajstić information content (AvgIpc) is 2.99. The van der Waals surface area contributed by atoms with Crippen molar-refractivity contribution in [1.29, 1.82) is 0 Å². The normalized spacial score (nSPS) is 13.7. The van der Waals surface area contributed by atoms with Gasteiger partial charge < -0.3 is 30.1 Å². The number of carboxylic acid groups (broad SMARTS) is 3. The Hall–Kier alpha value is -4.18. The molecule has 0 bridgehead atoms. The number of nitrogens with zero attached hydrogens (tertiary/aromatic N) is 1. The van der Waals surface area contributed by atoms with Crippen LogP contribution >= 0.6 is 11.6 Å². The fraction of sp³-hybridized carbons (Fsp3) is 0.281. The number of halogens is 1. The minimum Gasteiger partial charge on any atom is -0.492 e. The van der Waals surface area contributed by atoms with E-state index in [1.54, 1.807) is 26.0 Å². The molecule has 10 heteroatoms. The topological polar surface area (TPSA) is 145 Å². The summed E-state index contributed by atoms with van der Waals surface area (Å²) in [6.45, 7) is -0.509. The maximum Gasteiger partial charge on any atom is 0.336 e. The van der Waals surface area contributed by atoms with Crippen LogP contribution in [0, 0.1) is 0 Å². The summed E-state index contributed by atoms with van der Waals surface area (Å²) in [5.74, 6) is -4.78. The van der Waals surface area contributed by atoms with Crippen molar-refractivity contribution in [2.45, 2.75) is 32.3 Å². The first kappa shape index (κ1) is 28.0. The predicted molar refractivity (Wildman–Crippen MR) is 161 cm³/mol. The van der Waals surface area contributed by atoms with Crippen LogP contribution in [-0.4, -0.2) is 75.0 Å². The predicted octanol–water partition coefficient (Wildman–Crippen LogP) is 5.31. The van der Waals surface area contributed by atoms with E-state index in [0.29, 0.717) is 18.1 Å². The van der Waals surface area contributed by atoms with Gasteiger partial charge in [-0.05, 0) is 41.9 Å². The van der Waals surface area contributed by atoms with Gasteiger partial charge in [0.25, 0.3) is 0 Å². The highest BCUT2D eigenvalue weighted by atomic mass is 35.5. The Bertz CT molecular complexity index is 1480. The lowest BCUT2D eigenvalue weighted by molar-refractivity contribution is -0.170. The summed E-state index contributed by atoms with van der Waals surface area (Å²) in [6, 6.07) is 26.4. The molecule has 0 fully saturated rings. The van der Waals surface area contributed by atoms with Crippen LogP contribution in [-0.2, 0) is 14.4 Å². The summed E-state index contributed by atoms with van der Waals surface area (Å²) in [5, 5.41) is 34.4. The second kappa shape index (κ2) is 16.9. The Morgan fingerprint density at radius 1 is 0.786 bits per heavy atom. The van der Waals surface area contributed by atoms with Crippen molar-refractivity contribution in [3.05, 3.63) is 102 Å². The van der Waals surface area contributed by atoms with Gasteiger partial charge in [-0.3, -0.25) is 9.59 Å². The van der Waals surface area contributed by atoms with Gasteiger partial charge in [-0.15, -0.1) is 0 Å². The molecule has 4 N–H and O–H groups in total. The maximum atomic E-state index is 10.3. The minimum absolute atomic E-state index is 0.239. The van der Waals surface area contributed by atoms with Crippen molar-refractivity contribution in [3.63, 3.8) is 0 Å². The van der Waals surface area contributed by atoms with Crippen molar-refractivity contribution in [3.8, 4) is 5.75 Å². The highest BCUT2D eigenvalue weighted by molar-refractivity contribution is 6.53. The van der Waals surface area contributed by atoms with E-state index >= 15 is 0 Å². The molecule has 42 heavy (non-hydrogen) atoms. The monoisotopic (exact) mass is 601 g/mol. The molecular formula is C32H36ClNO8. The third kappa shape index (κ3) is 10.7. The number of carbonyl (C=O) groups is 3.